The lowest BCUT2D eigenvalue weighted by molar-refractivity contribution is 0.0941. The van der Waals surface area contributed by atoms with Crippen LogP contribution in [-0.2, 0) is 6.54 Å². The summed E-state index contributed by atoms with van der Waals surface area (Å²) in [6.07, 6.45) is 3.38. The van der Waals surface area contributed by atoms with Crippen molar-refractivity contribution in [1.82, 2.24) is 20.1 Å². The minimum atomic E-state index is -0.330. The summed E-state index contributed by atoms with van der Waals surface area (Å²) in [5.41, 5.74) is 1.93. The molecule has 0 unspecified atom stereocenters. The van der Waals surface area contributed by atoms with Gasteiger partial charge in [0, 0.05) is 12.3 Å². The zero-order valence-electron chi connectivity index (χ0n) is 12.0. The number of hydrogen-bond acceptors (Lipinski definition) is 5. The fourth-order valence-corrected chi connectivity index (χ4v) is 2.26. The number of carbonyl (C=O) groups is 1. The Hall–Kier alpha value is -3.35. The summed E-state index contributed by atoms with van der Waals surface area (Å²) in [5, 5.41) is 10.9. The average molecular weight is 308 g/mol. The maximum atomic E-state index is 12.1. The number of nitrogens with zero attached hydrogens (tertiary/aromatic N) is 3. The van der Waals surface area contributed by atoms with Crippen molar-refractivity contribution in [2.45, 2.75) is 6.54 Å². The number of hydrogen-bond donors (Lipinski definition) is 1. The smallest absolute Gasteiger partial charge is 0.273 e. The molecular weight excluding hydrogens is 296 g/mol. The van der Waals surface area contributed by atoms with E-state index < -0.39 is 0 Å². The zero-order valence-corrected chi connectivity index (χ0v) is 12.0. The third-order valence-electron chi connectivity index (χ3n) is 3.36. The monoisotopic (exact) mass is 308 g/mol. The van der Waals surface area contributed by atoms with Crippen LogP contribution in [0.5, 0.6) is 0 Å². The second kappa shape index (κ2) is 5.45. The molecule has 0 aliphatic carbocycles. The van der Waals surface area contributed by atoms with Gasteiger partial charge in [0.2, 0.25) is 5.76 Å². The van der Waals surface area contributed by atoms with Gasteiger partial charge in [-0.3, -0.25) is 4.79 Å². The highest BCUT2D eigenvalue weighted by atomic mass is 16.5. The third-order valence-corrected chi connectivity index (χ3v) is 3.36. The van der Waals surface area contributed by atoms with Crippen LogP contribution in [0.1, 0.15) is 16.2 Å². The molecule has 0 atom stereocenters. The van der Waals surface area contributed by atoms with Crippen LogP contribution in [0, 0.1) is 0 Å². The van der Waals surface area contributed by atoms with Gasteiger partial charge in [0.25, 0.3) is 5.91 Å². The molecule has 0 fully saturated rings. The van der Waals surface area contributed by atoms with E-state index in [0.717, 1.165) is 11.2 Å². The van der Waals surface area contributed by atoms with Gasteiger partial charge in [-0.2, -0.15) is 5.10 Å². The minimum absolute atomic E-state index is 0.195. The number of carbonyl (C=O) groups excluding carboxylic acids is 1. The summed E-state index contributed by atoms with van der Waals surface area (Å²) >= 11 is 0. The predicted molar refractivity (Wildman–Crippen MR) is 80.6 cm³/mol. The lowest BCUT2D eigenvalue weighted by atomic mass is 10.3. The highest BCUT2D eigenvalue weighted by molar-refractivity contribution is 5.92. The maximum Gasteiger partial charge on any atom is 0.273 e. The molecule has 4 rings (SSSR count). The molecule has 4 aromatic heterocycles. The van der Waals surface area contributed by atoms with Gasteiger partial charge in [0.15, 0.2) is 11.5 Å². The van der Waals surface area contributed by atoms with E-state index in [1.165, 1.54) is 12.3 Å². The van der Waals surface area contributed by atoms with E-state index in [1.807, 2.05) is 30.5 Å². The lowest BCUT2D eigenvalue weighted by Gasteiger charge is -1.98. The first-order valence-corrected chi connectivity index (χ1v) is 7.02. The Labute approximate surface area is 130 Å². The Morgan fingerprint density at radius 3 is 2.96 bits per heavy atom. The Morgan fingerprint density at radius 1 is 1.17 bits per heavy atom. The quantitative estimate of drug-likeness (QED) is 0.626. The predicted octanol–water partition coefficient (Wildman–Crippen LogP) is 2.51. The molecule has 1 N–H and O–H groups in total. The van der Waals surface area contributed by atoms with Gasteiger partial charge < -0.3 is 14.3 Å². The van der Waals surface area contributed by atoms with Gasteiger partial charge in [0.05, 0.1) is 24.0 Å². The molecule has 114 valence electrons. The first-order valence-electron chi connectivity index (χ1n) is 7.02. The standard InChI is InChI=1S/C16H12N4O3/c21-16(13-9-15(23-19-13)14-5-3-7-22-14)17-10-11-8-12-4-1-2-6-20(12)18-11/h1-9H,10H2,(H,17,21). The normalized spacial score (nSPS) is 11.0. The van der Waals surface area contributed by atoms with E-state index in [2.05, 4.69) is 15.6 Å². The molecule has 0 aliphatic rings. The molecule has 23 heavy (non-hydrogen) atoms. The topological polar surface area (TPSA) is 85.6 Å². The number of amides is 1. The van der Waals surface area contributed by atoms with E-state index in [9.17, 15) is 4.79 Å². The molecule has 0 aromatic carbocycles. The van der Waals surface area contributed by atoms with E-state index in [4.69, 9.17) is 8.94 Å². The molecule has 1 amide bonds. The van der Waals surface area contributed by atoms with Crippen LogP contribution in [0.15, 0.2) is 63.9 Å². The summed E-state index contributed by atoms with van der Waals surface area (Å²) in [4.78, 5) is 12.1. The first kappa shape index (κ1) is 13.3. The summed E-state index contributed by atoms with van der Waals surface area (Å²) in [7, 11) is 0. The maximum absolute atomic E-state index is 12.1. The van der Waals surface area contributed by atoms with Crippen molar-refractivity contribution in [2.24, 2.45) is 0 Å². The number of fused-ring (bicyclic) bond motifs is 1. The molecule has 0 saturated heterocycles. The highest BCUT2D eigenvalue weighted by Crippen LogP contribution is 2.20. The van der Waals surface area contributed by atoms with Crippen molar-refractivity contribution in [3.63, 3.8) is 0 Å². The molecular formula is C16H12N4O3. The second-order valence-corrected chi connectivity index (χ2v) is 4.94. The van der Waals surface area contributed by atoms with Crippen molar-refractivity contribution in [2.75, 3.05) is 0 Å². The fourth-order valence-electron chi connectivity index (χ4n) is 2.26. The molecule has 4 heterocycles. The van der Waals surface area contributed by atoms with Gasteiger partial charge >= 0.3 is 0 Å². The number of aromatic nitrogens is 3. The molecule has 0 aliphatic heterocycles. The van der Waals surface area contributed by atoms with Crippen LogP contribution in [-0.4, -0.2) is 20.7 Å². The number of pyridine rings is 1. The number of rotatable bonds is 4. The Bertz CT molecular complexity index is 920. The molecule has 7 heteroatoms. The Morgan fingerprint density at radius 2 is 2.13 bits per heavy atom. The summed E-state index contributed by atoms with van der Waals surface area (Å²) in [6, 6.07) is 12.7. The second-order valence-electron chi connectivity index (χ2n) is 4.94. The fraction of sp³-hybridized carbons (Fsp3) is 0.0625. The minimum Gasteiger partial charge on any atom is -0.461 e. The largest absolute Gasteiger partial charge is 0.461 e. The Kier molecular flexibility index (Phi) is 3.16. The zero-order chi connectivity index (χ0) is 15.6. The van der Waals surface area contributed by atoms with Crippen LogP contribution in [0.25, 0.3) is 17.0 Å². The van der Waals surface area contributed by atoms with Crippen molar-refractivity contribution in [3.05, 3.63) is 66.3 Å². The molecule has 0 saturated carbocycles. The van der Waals surface area contributed by atoms with Crippen molar-refractivity contribution in [3.8, 4) is 11.5 Å². The van der Waals surface area contributed by atoms with Crippen LogP contribution in [0.2, 0.25) is 0 Å². The van der Waals surface area contributed by atoms with Crippen LogP contribution in [0.4, 0.5) is 0 Å². The first-order chi connectivity index (χ1) is 11.3. The number of furan rings is 1. The van der Waals surface area contributed by atoms with Gasteiger partial charge in [-0.25, -0.2) is 4.52 Å². The summed E-state index contributed by atoms with van der Waals surface area (Å²) in [6.45, 7) is 0.309. The van der Waals surface area contributed by atoms with Gasteiger partial charge in [-0.15, -0.1) is 0 Å². The van der Waals surface area contributed by atoms with E-state index >= 15 is 0 Å². The van der Waals surface area contributed by atoms with Crippen LogP contribution in [0.3, 0.4) is 0 Å². The van der Waals surface area contributed by atoms with E-state index in [1.54, 1.807) is 16.6 Å². The SMILES string of the molecule is O=C(NCc1cc2ccccn2n1)c1cc(-c2ccco2)on1. The Balaban J connectivity index is 1.45. The lowest BCUT2D eigenvalue weighted by Crippen LogP contribution is -2.23. The number of nitrogens with one attached hydrogen (secondary N) is 1. The third kappa shape index (κ3) is 2.59. The van der Waals surface area contributed by atoms with Gasteiger partial charge in [-0.1, -0.05) is 11.2 Å². The van der Waals surface area contributed by atoms with Crippen molar-refractivity contribution >= 4 is 11.4 Å². The van der Waals surface area contributed by atoms with E-state index in [0.29, 0.717) is 18.1 Å². The average Bonchev–Trinajstić information content (AvgIpc) is 3.31. The summed E-state index contributed by atoms with van der Waals surface area (Å²) < 4.78 is 12.1. The molecule has 4 aromatic rings. The van der Waals surface area contributed by atoms with Gasteiger partial charge in [-0.05, 0) is 30.3 Å². The summed E-state index contributed by atoms with van der Waals surface area (Å²) in [5.74, 6) is 0.605. The van der Waals surface area contributed by atoms with Gasteiger partial charge in [0.1, 0.15) is 0 Å². The van der Waals surface area contributed by atoms with E-state index in [-0.39, 0.29) is 11.6 Å². The van der Waals surface area contributed by atoms with Crippen molar-refractivity contribution < 1.29 is 13.7 Å². The van der Waals surface area contributed by atoms with Crippen molar-refractivity contribution in [1.29, 1.82) is 0 Å². The molecule has 0 radical (unpaired) electrons. The highest BCUT2D eigenvalue weighted by Gasteiger charge is 2.15. The van der Waals surface area contributed by atoms with Crippen LogP contribution >= 0.6 is 0 Å². The molecule has 0 bridgehead atoms. The van der Waals surface area contributed by atoms with Crippen LogP contribution < -0.4 is 5.32 Å². The molecule has 7 nitrogen and oxygen atoms in total. The molecule has 0 spiro atoms.